The highest BCUT2D eigenvalue weighted by Crippen LogP contribution is 2.25. The molecular formula is C18H18Cl2N2O2S. The molecule has 0 aliphatic heterocycles. The Balaban J connectivity index is 1.92. The molecule has 25 heavy (non-hydrogen) atoms. The zero-order chi connectivity index (χ0) is 18.2. The topological polar surface area (TPSA) is 50.4 Å². The second-order valence-electron chi connectivity index (χ2n) is 5.26. The number of halogens is 2. The van der Waals surface area contributed by atoms with Crippen LogP contribution in [-0.4, -0.2) is 17.6 Å². The van der Waals surface area contributed by atoms with Gasteiger partial charge in [0, 0.05) is 10.6 Å². The second-order valence-corrected chi connectivity index (χ2v) is 6.51. The summed E-state index contributed by atoms with van der Waals surface area (Å²) in [6.07, 6.45) is 2.07. The van der Waals surface area contributed by atoms with Crippen molar-refractivity contribution >= 4 is 52.1 Å². The van der Waals surface area contributed by atoms with Crippen molar-refractivity contribution in [3.05, 3.63) is 58.1 Å². The molecule has 0 radical (unpaired) electrons. The normalized spacial score (nSPS) is 10.2. The Morgan fingerprint density at radius 3 is 2.56 bits per heavy atom. The van der Waals surface area contributed by atoms with Crippen molar-refractivity contribution in [1.29, 1.82) is 0 Å². The zero-order valence-electron chi connectivity index (χ0n) is 13.6. The average Bonchev–Trinajstić information content (AvgIpc) is 2.59. The number of unbranched alkanes of at least 4 members (excludes halogenated alkanes) is 1. The molecule has 0 fully saturated rings. The summed E-state index contributed by atoms with van der Waals surface area (Å²) in [5.41, 5.74) is 1.00. The number of nitrogens with one attached hydrogen (secondary N) is 2. The van der Waals surface area contributed by atoms with E-state index in [0.29, 0.717) is 27.9 Å². The van der Waals surface area contributed by atoms with E-state index in [1.54, 1.807) is 42.5 Å². The number of hydrogen-bond acceptors (Lipinski definition) is 3. The van der Waals surface area contributed by atoms with Gasteiger partial charge in [-0.15, -0.1) is 0 Å². The number of rotatable bonds is 6. The van der Waals surface area contributed by atoms with E-state index in [9.17, 15) is 4.79 Å². The lowest BCUT2D eigenvalue weighted by atomic mass is 10.2. The lowest BCUT2D eigenvalue weighted by molar-refractivity contribution is 0.0977. The number of anilines is 1. The summed E-state index contributed by atoms with van der Waals surface area (Å²) in [6, 6.07) is 11.8. The molecule has 2 rings (SSSR count). The standard InChI is InChI=1S/C18H18Cl2N2O2S/c1-2-3-10-24-14-7-4-12(5-8-14)17(23)22-18(25)21-16-11-13(19)6-9-15(16)20/h4-9,11H,2-3,10H2,1H3,(H2,21,22,23,25). The maximum Gasteiger partial charge on any atom is 0.257 e. The Bertz CT molecular complexity index is 751. The number of benzene rings is 2. The van der Waals surface area contributed by atoms with E-state index >= 15 is 0 Å². The van der Waals surface area contributed by atoms with Crippen molar-refractivity contribution < 1.29 is 9.53 Å². The summed E-state index contributed by atoms with van der Waals surface area (Å²) < 4.78 is 5.57. The Labute approximate surface area is 162 Å². The van der Waals surface area contributed by atoms with Gasteiger partial charge in [-0.1, -0.05) is 36.5 Å². The van der Waals surface area contributed by atoms with Crippen molar-refractivity contribution in [1.82, 2.24) is 5.32 Å². The summed E-state index contributed by atoms with van der Waals surface area (Å²) >= 11 is 17.1. The van der Waals surface area contributed by atoms with E-state index in [1.165, 1.54) is 0 Å². The van der Waals surface area contributed by atoms with Crippen LogP contribution in [0.1, 0.15) is 30.1 Å². The summed E-state index contributed by atoms with van der Waals surface area (Å²) in [6.45, 7) is 2.76. The van der Waals surface area contributed by atoms with Gasteiger partial charge >= 0.3 is 0 Å². The highest BCUT2D eigenvalue weighted by molar-refractivity contribution is 7.80. The number of ether oxygens (including phenoxy) is 1. The van der Waals surface area contributed by atoms with E-state index in [4.69, 9.17) is 40.2 Å². The SMILES string of the molecule is CCCCOc1ccc(C(=O)NC(=S)Nc2cc(Cl)ccc2Cl)cc1. The first-order valence-electron chi connectivity index (χ1n) is 7.80. The molecule has 0 spiro atoms. The molecule has 0 bridgehead atoms. The van der Waals surface area contributed by atoms with Crippen LogP contribution in [0.2, 0.25) is 10.0 Å². The maximum atomic E-state index is 12.2. The van der Waals surface area contributed by atoms with Crippen LogP contribution in [0.25, 0.3) is 0 Å². The van der Waals surface area contributed by atoms with Crippen molar-refractivity contribution in [2.45, 2.75) is 19.8 Å². The van der Waals surface area contributed by atoms with E-state index in [0.717, 1.165) is 18.6 Å². The molecule has 0 saturated carbocycles. The van der Waals surface area contributed by atoms with Crippen molar-refractivity contribution in [2.75, 3.05) is 11.9 Å². The molecular weight excluding hydrogens is 379 g/mol. The first kappa shape index (κ1) is 19.5. The molecule has 1 amide bonds. The molecule has 2 aromatic rings. The van der Waals surface area contributed by atoms with Crippen LogP contribution in [0.5, 0.6) is 5.75 Å². The highest BCUT2D eigenvalue weighted by Gasteiger charge is 2.10. The quantitative estimate of drug-likeness (QED) is 0.513. The highest BCUT2D eigenvalue weighted by atomic mass is 35.5. The van der Waals surface area contributed by atoms with Crippen molar-refractivity contribution in [3.8, 4) is 5.75 Å². The molecule has 0 aromatic heterocycles. The van der Waals surface area contributed by atoms with Crippen LogP contribution in [-0.2, 0) is 0 Å². The predicted molar refractivity (Wildman–Crippen MR) is 107 cm³/mol. The molecule has 0 saturated heterocycles. The number of carbonyl (C=O) groups is 1. The third-order valence-electron chi connectivity index (χ3n) is 3.29. The number of thiocarbonyl (C=S) groups is 1. The third kappa shape index (κ3) is 6.20. The summed E-state index contributed by atoms with van der Waals surface area (Å²) in [4.78, 5) is 12.2. The van der Waals surface area contributed by atoms with Crippen LogP contribution >= 0.6 is 35.4 Å². The minimum Gasteiger partial charge on any atom is -0.494 e. The first-order valence-corrected chi connectivity index (χ1v) is 8.96. The van der Waals surface area contributed by atoms with Gasteiger partial charge in [0.15, 0.2) is 5.11 Å². The minimum absolute atomic E-state index is 0.137. The van der Waals surface area contributed by atoms with Gasteiger partial charge in [-0.25, -0.2) is 0 Å². The fraction of sp³-hybridized carbons (Fsp3) is 0.222. The molecule has 0 aliphatic rings. The Kier molecular flexibility index (Phi) is 7.50. The lowest BCUT2D eigenvalue weighted by Gasteiger charge is -2.11. The van der Waals surface area contributed by atoms with E-state index in [2.05, 4.69) is 17.6 Å². The van der Waals surface area contributed by atoms with Gasteiger partial charge in [-0.2, -0.15) is 0 Å². The molecule has 7 heteroatoms. The third-order valence-corrected chi connectivity index (χ3v) is 4.06. The van der Waals surface area contributed by atoms with Gasteiger partial charge in [0.25, 0.3) is 5.91 Å². The van der Waals surface area contributed by atoms with Crippen LogP contribution in [0.3, 0.4) is 0 Å². The molecule has 4 nitrogen and oxygen atoms in total. The molecule has 0 atom stereocenters. The average molecular weight is 397 g/mol. The minimum atomic E-state index is -0.323. The zero-order valence-corrected chi connectivity index (χ0v) is 16.0. The predicted octanol–water partition coefficient (Wildman–Crippen LogP) is 5.30. The fourth-order valence-electron chi connectivity index (χ4n) is 1.96. The smallest absolute Gasteiger partial charge is 0.257 e. The van der Waals surface area contributed by atoms with Gasteiger partial charge < -0.3 is 10.1 Å². The van der Waals surface area contributed by atoms with Crippen molar-refractivity contribution in [2.24, 2.45) is 0 Å². The van der Waals surface area contributed by atoms with Gasteiger partial charge in [0.1, 0.15) is 5.75 Å². The molecule has 0 unspecified atom stereocenters. The fourth-order valence-corrected chi connectivity index (χ4v) is 2.50. The molecule has 2 N–H and O–H groups in total. The van der Waals surface area contributed by atoms with Crippen LogP contribution in [0, 0.1) is 0 Å². The number of carbonyl (C=O) groups excluding carboxylic acids is 1. The summed E-state index contributed by atoms with van der Waals surface area (Å²) in [5, 5.41) is 6.56. The molecule has 132 valence electrons. The Morgan fingerprint density at radius 1 is 1.16 bits per heavy atom. The second kappa shape index (κ2) is 9.61. The molecule has 0 heterocycles. The first-order chi connectivity index (χ1) is 12.0. The molecule has 2 aromatic carbocycles. The van der Waals surface area contributed by atoms with E-state index in [1.807, 2.05) is 0 Å². The van der Waals surface area contributed by atoms with Crippen LogP contribution in [0.4, 0.5) is 5.69 Å². The lowest BCUT2D eigenvalue weighted by Crippen LogP contribution is -2.34. The van der Waals surface area contributed by atoms with Gasteiger partial charge in [0.2, 0.25) is 0 Å². The van der Waals surface area contributed by atoms with E-state index in [-0.39, 0.29) is 11.0 Å². The van der Waals surface area contributed by atoms with Gasteiger partial charge in [-0.3, -0.25) is 10.1 Å². The summed E-state index contributed by atoms with van der Waals surface area (Å²) in [5.74, 6) is 0.409. The number of amides is 1. The largest absolute Gasteiger partial charge is 0.494 e. The Hall–Kier alpha value is -1.82. The Morgan fingerprint density at radius 2 is 1.88 bits per heavy atom. The van der Waals surface area contributed by atoms with E-state index < -0.39 is 0 Å². The number of hydrogen-bond donors (Lipinski definition) is 2. The molecule has 0 aliphatic carbocycles. The van der Waals surface area contributed by atoms with Gasteiger partial charge in [-0.05, 0) is 61.1 Å². The summed E-state index contributed by atoms with van der Waals surface area (Å²) in [7, 11) is 0. The maximum absolute atomic E-state index is 12.2. The monoisotopic (exact) mass is 396 g/mol. The van der Waals surface area contributed by atoms with Crippen molar-refractivity contribution in [3.63, 3.8) is 0 Å². The van der Waals surface area contributed by atoms with Crippen LogP contribution < -0.4 is 15.4 Å². The van der Waals surface area contributed by atoms with Gasteiger partial charge in [0.05, 0.1) is 17.3 Å². The van der Waals surface area contributed by atoms with Crippen LogP contribution in [0.15, 0.2) is 42.5 Å².